The van der Waals surface area contributed by atoms with Gasteiger partial charge in [-0.2, -0.15) is 18.2 Å². The molecule has 2 aromatic carbocycles. The molecule has 0 saturated heterocycles. The molecule has 168 valence electrons. The zero-order chi connectivity index (χ0) is 23.3. The number of amides is 1. The third kappa shape index (κ3) is 3.53. The lowest BCUT2D eigenvalue weighted by molar-refractivity contribution is -0.137. The number of benzene rings is 2. The van der Waals surface area contributed by atoms with Gasteiger partial charge < -0.3 is 14.0 Å². The predicted octanol–water partition coefficient (Wildman–Crippen LogP) is 3.12. The van der Waals surface area contributed by atoms with Crippen LogP contribution in [-0.2, 0) is 22.7 Å². The number of methoxy groups -OCH3 is 2. The molecule has 0 N–H and O–H groups in total. The minimum absolute atomic E-state index is 0.0168. The van der Waals surface area contributed by atoms with Crippen molar-refractivity contribution >= 4 is 15.9 Å². The number of sulfonamides is 1. The molecule has 0 saturated carbocycles. The normalized spacial score (nSPS) is 15.0. The van der Waals surface area contributed by atoms with E-state index in [1.54, 1.807) is 0 Å². The summed E-state index contributed by atoms with van der Waals surface area (Å²) in [7, 11) is -1.61. The molecule has 1 aromatic heterocycles. The Bertz CT molecular complexity index is 1320. The van der Waals surface area contributed by atoms with Crippen molar-refractivity contribution in [2.24, 2.45) is 0 Å². The van der Waals surface area contributed by atoms with E-state index < -0.39 is 34.2 Å². The maximum atomic E-state index is 12.9. The summed E-state index contributed by atoms with van der Waals surface area (Å²) < 4.78 is 80.3. The number of fused-ring (bicyclic) bond motifs is 1. The number of rotatable bonds is 5. The SMILES string of the molecule is COc1cc2c(cc1OC)S(=O)(=O)N(Cc1nc(-c3cccc(C(F)(F)F)c3)no1)C2=O. The molecule has 13 heteroatoms. The Kier molecular flexibility index (Phi) is 5.07. The van der Waals surface area contributed by atoms with Crippen LogP contribution in [0.1, 0.15) is 21.8 Å². The van der Waals surface area contributed by atoms with Crippen LogP contribution in [0.5, 0.6) is 11.5 Å². The summed E-state index contributed by atoms with van der Waals surface area (Å²) in [6, 6.07) is 6.66. The molecule has 0 radical (unpaired) electrons. The molecule has 4 rings (SSSR count). The lowest BCUT2D eigenvalue weighted by Gasteiger charge is -2.11. The van der Waals surface area contributed by atoms with Crippen molar-refractivity contribution in [3.05, 3.63) is 53.4 Å². The van der Waals surface area contributed by atoms with Crippen molar-refractivity contribution in [3.8, 4) is 22.9 Å². The minimum atomic E-state index is -4.56. The van der Waals surface area contributed by atoms with Crippen LogP contribution in [0.15, 0.2) is 45.8 Å². The number of aromatic nitrogens is 2. The van der Waals surface area contributed by atoms with Crippen molar-refractivity contribution in [1.82, 2.24) is 14.4 Å². The highest BCUT2D eigenvalue weighted by Crippen LogP contribution is 2.39. The molecule has 1 amide bonds. The number of ether oxygens (including phenoxy) is 2. The highest BCUT2D eigenvalue weighted by molar-refractivity contribution is 7.90. The lowest BCUT2D eigenvalue weighted by atomic mass is 10.1. The molecule has 3 aromatic rings. The van der Waals surface area contributed by atoms with E-state index in [2.05, 4.69) is 10.1 Å². The molecule has 0 spiro atoms. The molecular formula is C19H14F3N3O6S. The molecule has 9 nitrogen and oxygen atoms in total. The molecule has 2 heterocycles. The first kappa shape index (κ1) is 21.6. The van der Waals surface area contributed by atoms with Crippen molar-refractivity contribution in [2.45, 2.75) is 17.6 Å². The van der Waals surface area contributed by atoms with Crippen LogP contribution in [-0.4, -0.2) is 43.0 Å². The summed E-state index contributed by atoms with van der Waals surface area (Å²) >= 11 is 0. The second-order valence-electron chi connectivity index (χ2n) is 6.61. The summed E-state index contributed by atoms with van der Waals surface area (Å²) in [6.07, 6.45) is -4.56. The maximum absolute atomic E-state index is 12.9. The van der Waals surface area contributed by atoms with E-state index in [1.165, 1.54) is 38.5 Å². The number of alkyl halides is 3. The van der Waals surface area contributed by atoms with Crippen molar-refractivity contribution in [1.29, 1.82) is 0 Å². The molecule has 32 heavy (non-hydrogen) atoms. The van der Waals surface area contributed by atoms with Gasteiger partial charge in [0.25, 0.3) is 15.9 Å². The molecule has 1 aliphatic rings. The van der Waals surface area contributed by atoms with E-state index in [9.17, 15) is 26.4 Å². The van der Waals surface area contributed by atoms with Gasteiger partial charge in [0.05, 0.1) is 25.3 Å². The Hall–Kier alpha value is -3.61. The van der Waals surface area contributed by atoms with Crippen molar-refractivity contribution in [2.75, 3.05) is 14.2 Å². The number of halogens is 3. The lowest BCUT2D eigenvalue weighted by Crippen LogP contribution is -2.29. The highest BCUT2D eigenvalue weighted by atomic mass is 32.2. The monoisotopic (exact) mass is 469 g/mol. The Morgan fingerprint density at radius 1 is 1.09 bits per heavy atom. The smallest absolute Gasteiger partial charge is 0.416 e. The Morgan fingerprint density at radius 2 is 1.78 bits per heavy atom. The van der Waals surface area contributed by atoms with Crippen molar-refractivity contribution in [3.63, 3.8) is 0 Å². The van der Waals surface area contributed by atoms with Gasteiger partial charge in [0.15, 0.2) is 11.5 Å². The molecule has 0 aliphatic carbocycles. The molecule has 1 aliphatic heterocycles. The quantitative estimate of drug-likeness (QED) is 0.560. The fraction of sp³-hybridized carbons (Fsp3) is 0.211. The van der Waals surface area contributed by atoms with Gasteiger partial charge in [0.2, 0.25) is 11.7 Å². The number of hydrogen-bond donors (Lipinski definition) is 0. The molecule has 0 atom stereocenters. The van der Waals surface area contributed by atoms with Crippen molar-refractivity contribution < 1.29 is 40.4 Å². The van der Waals surface area contributed by atoms with E-state index in [1.807, 2.05) is 0 Å². The van der Waals surface area contributed by atoms with E-state index in [4.69, 9.17) is 14.0 Å². The van der Waals surface area contributed by atoms with Crippen LogP contribution < -0.4 is 9.47 Å². The van der Waals surface area contributed by atoms with Crippen LogP contribution in [0, 0.1) is 0 Å². The largest absolute Gasteiger partial charge is 0.493 e. The summed E-state index contributed by atoms with van der Waals surface area (Å²) in [5.74, 6) is -1.02. The minimum Gasteiger partial charge on any atom is -0.493 e. The summed E-state index contributed by atoms with van der Waals surface area (Å²) in [5, 5.41) is 3.60. The number of hydrogen-bond acceptors (Lipinski definition) is 8. The van der Waals surface area contributed by atoms with Gasteiger partial charge in [-0.1, -0.05) is 17.3 Å². The van der Waals surface area contributed by atoms with E-state index >= 15 is 0 Å². The average molecular weight is 469 g/mol. The number of carbonyl (C=O) groups excluding carboxylic acids is 1. The summed E-state index contributed by atoms with van der Waals surface area (Å²) in [4.78, 5) is 16.4. The first-order chi connectivity index (χ1) is 15.1. The third-order valence-electron chi connectivity index (χ3n) is 4.71. The topological polar surface area (TPSA) is 112 Å². The van der Waals surface area contributed by atoms with Gasteiger partial charge >= 0.3 is 6.18 Å². The summed E-state index contributed by atoms with van der Waals surface area (Å²) in [6.45, 7) is -0.605. The maximum Gasteiger partial charge on any atom is 0.416 e. The summed E-state index contributed by atoms with van der Waals surface area (Å²) in [5.41, 5.74) is -1.01. The van der Waals surface area contributed by atoms with Gasteiger partial charge in [-0.3, -0.25) is 4.79 Å². The van der Waals surface area contributed by atoms with Gasteiger partial charge in [0.1, 0.15) is 11.4 Å². The van der Waals surface area contributed by atoms with Crippen LogP contribution in [0.25, 0.3) is 11.4 Å². The second kappa shape index (κ2) is 7.51. The van der Waals surface area contributed by atoms with Crippen LogP contribution >= 0.6 is 0 Å². The highest BCUT2D eigenvalue weighted by Gasteiger charge is 2.43. The standard InChI is InChI=1S/C19H14F3N3O6S/c1-29-13-7-12-15(8-14(13)30-2)32(27,28)25(18(12)26)9-16-23-17(24-31-16)10-4-3-5-11(6-10)19(20,21)22/h3-8H,9H2,1-2H3. The Balaban J connectivity index is 1.65. The molecular weight excluding hydrogens is 455 g/mol. The van der Waals surface area contributed by atoms with Gasteiger partial charge in [0, 0.05) is 11.6 Å². The van der Waals surface area contributed by atoms with Gasteiger partial charge in [-0.25, -0.2) is 12.7 Å². The first-order valence-electron chi connectivity index (χ1n) is 8.89. The van der Waals surface area contributed by atoms with Gasteiger partial charge in [-0.15, -0.1) is 0 Å². The number of carbonyl (C=O) groups is 1. The van der Waals surface area contributed by atoms with Crippen LogP contribution in [0.4, 0.5) is 13.2 Å². The predicted molar refractivity (Wildman–Crippen MR) is 101 cm³/mol. The molecule has 0 unspecified atom stereocenters. The zero-order valence-corrected chi connectivity index (χ0v) is 17.3. The molecule has 0 bridgehead atoms. The fourth-order valence-corrected chi connectivity index (χ4v) is 4.67. The van der Waals surface area contributed by atoms with E-state index in [0.717, 1.165) is 12.1 Å². The third-order valence-corrected chi connectivity index (χ3v) is 6.47. The average Bonchev–Trinajstić information content (AvgIpc) is 3.30. The second-order valence-corrected chi connectivity index (χ2v) is 8.44. The van der Waals surface area contributed by atoms with Crippen LogP contribution in [0.2, 0.25) is 0 Å². The van der Waals surface area contributed by atoms with Gasteiger partial charge in [-0.05, 0) is 18.2 Å². The zero-order valence-electron chi connectivity index (χ0n) is 16.5. The number of nitrogens with zero attached hydrogens (tertiary/aromatic N) is 3. The fourth-order valence-electron chi connectivity index (χ4n) is 3.15. The Morgan fingerprint density at radius 3 is 2.44 bits per heavy atom. The molecule has 0 fully saturated rings. The van der Waals surface area contributed by atoms with E-state index in [0.29, 0.717) is 4.31 Å². The first-order valence-corrected chi connectivity index (χ1v) is 10.3. The van der Waals surface area contributed by atoms with Crippen LogP contribution in [0.3, 0.4) is 0 Å². The van der Waals surface area contributed by atoms with E-state index in [-0.39, 0.29) is 39.2 Å². The Labute approximate surface area is 179 Å².